The van der Waals surface area contributed by atoms with E-state index in [1.807, 2.05) is 13.0 Å². The van der Waals surface area contributed by atoms with E-state index in [-0.39, 0.29) is 5.57 Å². The van der Waals surface area contributed by atoms with Crippen LogP contribution in [0.4, 0.5) is 5.69 Å². The lowest BCUT2D eigenvalue weighted by Crippen LogP contribution is -2.13. The van der Waals surface area contributed by atoms with Crippen LogP contribution in [-0.2, 0) is 4.79 Å². The molecule has 6 heteroatoms. The molecule has 5 nitrogen and oxygen atoms in total. The largest absolute Gasteiger partial charge is 0.493 e. The Kier molecular flexibility index (Phi) is 7.48. The number of ether oxygens (including phenoxy) is 2. The third kappa shape index (κ3) is 5.77. The Morgan fingerprint density at radius 2 is 2.00 bits per heavy atom. The quantitative estimate of drug-likeness (QED) is 0.511. The average molecular weight is 399 g/mol. The first kappa shape index (κ1) is 21.3. The first-order valence-electron chi connectivity index (χ1n) is 8.84. The molecule has 1 amide bonds. The fourth-order valence-corrected chi connectivity index (χ4v) is 2.51. The Morgan fingerprint density at radius 3 is 2.61 bits per heavy atom. The van der Waals surface area contributed by atoms with Gasteiger partial charge in [0.1, 0.15) is 11.6 Å². The Morgan fingerprint density at radius 1 is 1.25 bits per heavy atom. The molecular formula is C22H23ClN2O3. The number of nitrogens with zero attached hydrogens (tertiary/aromatic N) is 1. The summed E-state index contributed by atoms with van der Waals surface area (Å²) in [6, 6.07) is 12.4. The lowest BCUT2D eigenvalue weighted by atomic mass is 10.1. The van der Waals surface area contributed by atoms with Gasteiger partial charge < -0.3 is 14.8 Å². The van der Waals surface area contributed by atoms with Crippen molar-refractivity contribution < 1.29 is 14.3 Å². The summed E-state index contributed by atoms with van der Waals surface area (Å²) in [6.45, 7) is 6.55. The average Bonchev–Trinajstić information content (AvgIpc) is 2.67. The molecule has 0 spiro atoms. The van der Waals surface area contributed by atoms with Crippen LogP contribution in [0.25, 0.3) is 6.08 Å². The number of halogens is 1. The smallest absolute Gasteiger partial charge is 0.266 e. The Balaban J connectivity index is 2.21. The van der Waals surface area contributed by atoms with Crippen LogP contribution >= 0.6 is 11.6 Å². The molecule has 146 valence electrons. The minimum Gasteiger partial charge on any atom is -0.493 e. The number of benzene rings is 2. The van der Waals surface area contributed by atoms with E-state index in [4.69, 9.17) is 21.1 Å². The summed E-state index contributed by atoms with van der Waals surface area (Å²) in [5, 5.41) is 12.6. The molecule has 0 aliphatic carbocycles. The number of methoxy groups -OCH3 is 1. The van der Waals surface area contributed by atoms with E-state index in [2.05, 4.69) is 19.2 Å². The number of amides is 1. The molecule has 2 aromatic rings. The maximum Gasteiger partial charge on any atom is 0.266 e. The van der Waals surface area contributed by atoms with Crippen LogP contribution in [0, 0.1) is 24.2 Å². The third-order valence-corrected chi connectivity index (χ3v) is 4.27. The molecule has 2 aromatic carbocycles. The van der Waals surface area contributed by atoms with Gasteiger partial charge in [-0.1, -0.05) is 37.6 Å². The molecule has 0 aliphatic rings. The summed E-state index contributed by atoms with van der Waals surface area (Å²) in [6.07, 6.45) is 1.50. The fraction of sp³-hybridized carbons (Fsp3) is 0.273. The summed E-state index contributed by atoms with van der Waals surface area (Å²) < 4.78 is 11.1. The van der Waals surface area contributed by atoms with Gasteiger partial charge in [-0.2, -0.15) is 5.26 Å². The van der Waals surface area contributed by atoms with Gasteiger partial charge >= 0.3 is 0 Å². The topological polar surface area (TPSA) is 71.3 Å². The predicted molar refractivity (Wildman–Crippen MR) is 112 cm³/mol. The number of rotatable bonds is 7. The molecule has 0 atom stereocenters. The van der Waals surface area contributed by atoms with E-state index in [9.17, 15) is 10.1 Å². The van der Waals surface area contributed by atoms with Crippen molar-refractivity contribution in [2.45, 2.75) is 20.8 Å². The van der Waals surface area contributed by atoms with E-state index in [1.165, 1.54) is 6.08 Å². The van der Waals surface area contributed by atoms with Crippen molar-refractivity contribution in [2.75, 3.05) is 19.0 Å². The lowest BCUT2D eigenvalue weighted by molar-refractivity contribution is -0.112. The Hall–Kier alpha value is -2.97. The molecule has 0 unspecified atom stereocenters. The highest BCUT2D eigenvalue weighted by atomic mass is 35.5. The van der Waals surface area contributed by atoms with Gasteiger partial charge in [0, 0.05) is 10.7 Å². The molecule has 0 saturated carbocycles. The van der Waals surface area contributed by atoms with Crippen molar-refractivity contribution in [3.8, 4) is 17.6 Å². The normalized spacial score (nSPS) is 11.1. The molecule has 0 fully saturated rings. The summed E-state index contributed by atoms with van der Waals surface area (Å²) >= 11 is 6.08. The van der Waals surface area contributed by atoms with Crippen LogP contribution in [-0.4, -0.2) is 19.6 Å². The van der Waals surface area contributed by atoms with E-state index < -0.39 is 5.91 Å². The van der Waals surface area contributed by atoms with Crippen LogP contribution in [0.5, 0.6) is 11.5 Å². The zero-order valence-electron chi connectivity index (χ0n) is 16.4. The van der Waals surface area contributed by atoms with Crippen molar-refractivity contribution in [3.05, 3.63) is 58.1 Å². The van der Waals surface area contributed by atoms with Gasteiger partial charge in [-0.3, -0.25) is 4.79 Å². The predicted octanol–water partition coefficient (Wildman–Crippen LogP) is 5.24. The first-order chi connectivity index (χ1) is 13.3. The maximum atomic E-state index is 12.4. The van der Waals surface area contributed by atoms with Crippen LogP contribution < -0.4 is 14.8 Å². The van der Waals surface area contributed by atoms with Gasteiger partial charge in [-0.05, 0) is 54.3 Å². The highest BCUT2D eigenvalue weighted by Gasteiger charge is 2.12. The summed E-state index contributed by atoms with van der Waals surface area (Å²) in [4.78, 5) is 12.4. The Bertz CT molecular complexity index is 930. The second-order valence-corrected chi connectivity index (χ2v) is 7.11. The highest BCUT2D eigenvalue weighted by molar-refractivity contribution is 6.31. The zero-order valence-corrected chi connectivity index (χ0v) is 17.1. The molecule has 0 saturated heterocycles. The van der Waals surface area contributed by atoms with Crippen LogP contribution in [0.1, 0.15) is 25.0 Å². The van der Waals surface area contributed by atoms with Crippen LogP contribution in [0.15, 0.2) is 42.0 Å². The number of nitrogens with one attached hydrogen (secondary N) is 1. The van der Waals surface area contributed by atoms with Crippen molar-refractivity contribution in [2.24, 2.45) is 5.92 Å². The van der Waals surface area contributed by atoms with Crippen LogP contribution in [0.3, 0.4) is 0 Å². The van der Waals surface area contributed by atoms with Crippen LogP contribution in [0.2, 0.25) is 5.02 Å². The molecule has 28 heavy (non-hydrogen) atoms. The van der Waals surface area contributed by atoms with Gasteiger partial charge in [0.25, 0.3) is 5.91 Å². The second kappa shape index (κ2) is 9.82. The highest BCUT2D eigenvalue weighted by Crippen LogP contribution is 2.29. The van der Waals surface area contributed by atoms with Gasteiger partial charge in [0.15, 0.2) is 11.5 Å². The number of aryl methyl sites for hydroxylation is 1. The number of carbonyl (C=O) groups excluding carboxylic acids is 1. The monoisotopic (exact) mass is 398 g/mol. The second-order valence-electron chi connectivity index (χ2n) is 6.70. The summed E-state index contributed by atoms with van der Waals surface area (Å²) in [7, 11) is 1.55. The summed E-state index contributed by atoms with van der Waals surface area (Å²) in [5.41, 5.74) is 2.05. The molecule has 0 aromatic heterocycles. The van der Waals surface area contributed by atoms with Gasteiger partial charge in [0.2, 0.25) is 0 Å². The number of nitriles is 1. The molecule has 0 bridgehead atoms. The molecule has 1 N–H and O–H groups in total. The van der Waals surface area contributed by atoms with E-state index in [0.29, 0.717) is 40.3 Å². The third-order valence-electron chi connectivity index (χ3n) is 3.87. The molecular weight excluding hydrogens is 376 g/mol. The zero-order chi connectivity index (χ0) is 20.7. The van der Waals surface area contributed by atoms with E-state index in [0.717, 1.165) is 5.56 Å². The minimum atomic E-state index is -0.512. The molecule has 0 radical (unpaired) electrons. The maximum absolute atomic E-state index is 12.4. The molecule has 0 heterocycles. The number of hydrogen-bond acceptors (Lipinski definition) is 4. The van der Waals surface area contributed by atoms with Crippen molar-refractivity contribution in [1.29, 1.82) is 5.26 Å². The molecule has 2 rings (SSSR count). The standard InChI is InChI=1S/C22H23ClN2O3/c1-14(2)13-28-20-8-6-16(10-21(20)27-4)9-17(12-24)22(26)25-18-7-5-15(3)19(23)11-18/h5-11,14H,13H2,1-4H3,(H,25,26)/b17-9+. The van der Waals surface area contributed by atoms with Crippen molar-refractivity contribution >= 4 is 29.3 Å². The van der Waals surface area contributed by atoms with Gasteiger partial charge in [-0.15, -0.1) is 0 Å². The number of hydrogen-bond donors (Lipinski definition) is 1. The van der Waals surface area contributed by atoms with Gasteiger partial charge in [-0.25, -0.2) is 0 Å². The minimum absolute atomic E-state index is 0.0328. The van der Waals surface area contributed by atoms with Crippen molar-refractivity contribution in [3.63, 3.8) is 0 Å². The van der Waals surface area contributed by atoms with E-state index >= 15 is 0 Å². The number of anilines is 1. The SMILES string of the molecule is COc1cc(/C=C(\C#N)C(=O)Nc2ccc(C)c(Cl)c2)ccc1OCC(C)C. The van der Waals surface area contributed by atoms with Crippen molar-refractivity contribution in [1.82, 2.24) is 0 Å². The fourth-order valence-electron chi connectivity index (χ4n) is 2.33. The molecule has 0 aliphatic heterocycles. The number of carbonyl (C=O) groups is 1. The lowest BCUT2D eigenvalue weighted by Gasteiger charge is -2.13. The first-order valence-corrected chi connectivity index (χ1v) is 9.22. The Labute approximate surface area is 170 Å². The van der Waals surface area contributed by atoms with Gasteiger partial charge in [0.05, 0.1) is 13.7 Å². The van der Waals surface area contributed by atoms with E-state index in [1.54, 1.807) is 43.5 Å². The summed E-state index contributed by atoms with van der Waals surface area (Å²) in [5.74, 6) is 1.03.